The highest BCUT2D eigenvalue weighted by atomic mass is 19.4. The summed E-state index contributed by atoms with van der Waals surface area (Å²) < 4.78 is 91.5. The molecule has 186 valence electrons. The molecule has 0 aliphatic carbocycles. The quantitative estimate of drug-likeness (QED) is 0.400. The van der Waals surface area contributed by atoms with E-state index in [-0.39, 0.29) is 47.5 Å². The predicted molar refractivity (Wildman–Crippen MR) is 118 cm³/mol. The van der Waals surface area contributed by atoms with Crippen LogP contribution in [0.1, 0.15) is 45.7 Å². The maximum absolute atomic E-state index is 13.4. The number of pyridine rings is 1. The minimum atomic E-state index is -4.54. The molecule has 2 atom stereocenters. The minimum Gasteiger partial charge on any atom is -0.474 e. The summed E-state index contributed by atoms with van der Waals surface area (Å²) in [5.74, 6) is 0.104. The molecular weight excluding hydrogens is 488 g/mol. The Morgan fingerprint density at radius 1 is 0.583 bits per heavy atom. The maximum Gasteiger partial charge on any atom is 0.416 e. The van der Waals surface area contributed by atoms with Gasteiger partial charge < -0.3 is 9.47 Å². The Morgan fingerprint density at radius 2 is 1.00 bits per heavy atom. The number of aromatic nitrogens is 1. The minimum absolute atomic E-state index is 0.00849. The van der Waals surface area contributed by atoms with Crippen molar-refractivity contribution >= 4 is 11.8 Å². The van der Waals surface area contributed by atoms with Gasteiger partial charge in [0.25, 0.3) is 0 Å². The molecule has 2 aliphatic rings. The van der Waals surface area contributed by atoms with E-state index >= 15 is 0 Å². The van der Waals surface area contributed by atoms with Crippen molar-refractivity contribution in [2.24, 2.45) is 9.98 Å². The van der Waals surface area contributed by atoms with E-state index in [9.17, 15) is 26.3 Å². The van der Waals surface area contributed by atoms with Crippen LogP contribution in [0.15, 0.2) is 76.7 Å². The molecular formula is C25H17F6N3O2. The Kier molecular flexibility index (Phi) is 5.93. The fourth-order valence-corrected chi connectivity index (χ4v) is 4.11. The number of rotatable bonds is 4. The zero-order valence-electron chi connectivity index (χ0n) is 18.3. The molecule has 0 saturated carbocycles. The molecule has 1 aromatic heterocycles. The number of alkyl halides is 6. The molecule has 3 heterocycles. The zero-order valence-corrected chi connectivity index (χ0v) is 18.3. The summed E-state index contributed by atoms with van der Waals surface area (Å²) in [5.41, 5.74) is -1.11. The Hall–Kier alpha value is -3.89. The molecule has 0 bridgehead atoms. The number of nitrogens with zero attached hydrogens (tertiary/aromatic N) is 3. The molecule has 36 heavy (non-hydrogen) atoms. The monoisotopic (exact) mass is 505 g/mol. The SMILES string of the molecule is FC(F)(F)c1ccccc1[C@@H]1COC(c2cccc(C3=N[C@H](c4ccccc4C(F)(F)F)CO3)n2)=N1. The average molecular weight is 505 g/mol. The van der Waals surface area contributed by atoms with E-state index < -0.39 is 35.6 Å². The van der Waals surface area contributed by atoms with Crippen LogP contribution in [0.3, 0.4) is 0 Å². The van der Waals surface area contributed by atoms with Gasteiger partial charge in [0.2, 0.25) is 11.8 Å². The normalized spacial score (nSPS) is 19.9. The number of benzene rings is 2. The van der Waals surface area contributed by atoms with Crippen LogP contribution in [0.5, 0.6) is 0 Å². The van der Waals surface area contributed by atoms with Gasteiger partial charge in [-0.3, -0.25) is 0 Å². The molecule has 3 aromatic rings. The molecule has 0 radical (unpaired) electrons. The van der Waals surface area contributed by atoms with Crippen molar-refractivity contribution in [1.29, 1.82) is 0 Å². The fraction of sp³-hybridized carbons (Fsp3) is 0.240. The highest BCUT2D eigenvalue weighted by molar-refractivity contribution is 5.97. The second kappa shape index (κ2) is 8.96. The number of ether oxygens (including phenoxy) is 2. The van der Waals surface area contributed by atoms with E-state index in [1.807, 2.05) is 0 Å². The molecule has 5 rings (SSSR count). The van der Waals surface area contributed by atoms with Crippen molar-refractivity contribution in [2.45, 2.75) is 24.4 Å². The first kappa shape index (κ1) is 23.8. The second-order valence-electron chi connectivity index (χ2n) is 8.10. The lowest BCUT2D eigenvalue weighted by atomic mass is 10.0. The molecule has 0 saturated heterocycles. The van der Waals surface area contributed by atoms with E-state index in [1.165, 1.54) is 36.4 Å². The van der Waals surface area contributed by atoms with Gasteiger partial charge in [0.15, 0.2) is 0 Å². The van der Waals surface area contributed by atoms with Crippen molar-refractivity contribution in [3.05, 3.63) is 100 Å². The van der Waals surface area contributed by atoms with Crippen molar-refractivity contribution in [3.63, 3.8) is 0 Å². The first-order valence-electron chi connectivity index (χ1n) is 10.8. The summed E-state index contributed by atoms with van der Waals surface area (Å²) in [6, 6.07) is 13.3. The van der Waals surface area contributed by atoms with Crippen molar-refractivity contribution < 1.29 is 35.8 Å². The summed E-state index contributed by atoms with van der Waals surface area (Å²) in [7, 11) is 0. The Morgan fingerprint density at radius 3 is 1.42 bits per heavy atom. The molecule has 2 aromatic carbocycles. The van der Waals surface area contributed by atoms with Gasteiger partial charge in [0.05, 0.1) is 11.1 Å². The lowest BCUT2D eigenvalue weighted by Gasteiger charge is -2.14. The van der Waals surface area contributed by atoms with Crippen LogP contribution < -0.4 is 0 Å². The molecule has 0 fully saturated rings. The van der Waals surface area contributed by atoms with Crippen molar-refractivity contribution in [1.82, 2.24) is 4.98 Å². The highest BCUT2D eigenvalue weighted by Gasteiger charge is 2.38. The predicted octanol–water partition coefficient (Wildman–Crippen LogP) is 6.16. The van der Waals surface area contributed by atoms with Gasteiger partial charge in [-0.1, -0.05) is 42.5 Å². The second-order valence-corrected chi connectivity index (χ2v) is 8.10. The Balaban J connectivity index is 1.41. The zero-order chi connectivity index (χ0) is 25.5. The van der Waals surface area contributed by atoms with E-state index in [4.69, 9.17) is 9.47 Å². The van der Waals surface area contributed by atoms with Gasteiger partial charge in [0, 0.05) is 0 Å². The third-order valence-electron chi connectivity index (χ3n) is 5.74. The lowest BCUT2D eigenvalue weighted by Crippen LogP contribution is -2.12. The number of halogens is 6. The van der Waals surface area contributed by atoms with E-state index in [1.54, 1.807) is 18.2 Å². The standard InChI is InChI=1S/C25H17F6N3O2/c26-24(27,28)16-8-3-1-6-14(16)20-12-35-22(33-20)18-10-5-11-19(32-18)23-34-21(13-36-23)15-7-2-4-9-17(15)25(29,30)31/h1-11,20-21H,12-13H2/t20-,21-/m0/s1. The third-order valence-corrected chi connectivity index (χ3v) is 5.74. The average Bonchev–Trinajstić information content (AvgIpc) is 3.54. The molecule has 2 aliphatic heterocycles. The van der Waals surface area contributed by atoms with Crippen molar-refractivity contribution in [3.8, 4) is 0 Å². The van der Waals surface area contributed by atoms with Crippen LogP contribution in [-0.2, 0) is 21.8 Å². The Labute approximate surface area is 201 Å². The Bertz CT molecular complexity index is 1250. The summed E-state index contributed by atoms with van der Waals surface area (Å²) in [6.45, 7) is -0.190. The highest BCUT2D eigenvalue weighted by Crippen LogP contribution is 2.38. The van der Waals surface area contributed by atoms with E-state index in [0.717, 1.165) is 12.1 Å². The third kappa shape index (κ3) is 4.65. The van der Waals surface area contributed by atoms with Gasteiger partial charge in [-0.25, -0.2) is 15.0 Å². The van der Waals surface area contributed by atoms with E-state index in [2.05, 4.69) is 15.0 Å². The van der Waals surface area contributed by atoms with Crippen LogP contribution in [0, 0.1) is 0 Å². The summed E-state index contributed by atoms with van der Waals surface area (Å²) >= 11 is 0. The number of hydrogen-bond acceptors (Lipinski definition) is 5. The largest absolute Gasteiger partial charge is 0.474 e. The molecule has 0 unspecified atom stereocenters. The van der Waals surface area contributed by atoms with Gasteiger partial charge in [0.1, 0.15) is 36.7 Å². The van der Waals surface area contributed by atoms with Crippen LogP contribution >= 0.6 is 0 Å². The molecule has 11 heteroatoms. The van der Waals surface area contributed by atoms with Crippen LogP contribution in [0.4, 0.5) is 26.3 Å². The fourth-order valence-electron chi connectivity index (χ4n) is 4.11. The number of aliphatic imine (C=N–C) groups is 2. The first-order chi connectivity index (χ1) is 17.1. The molecule has 0 amide bonds. The summed E-state index contributed by atoms with van der Waals surface area (Å²) in [5, 5.41) is 0. The smallest absolute Gasteiger partial charge is 0.416 e. The lowest BCUT2D eigenvalue weighted by molar-refractivity contribution is -0.139. The summed E-state index contributed by atoms with van der Waals surface area (Å²) in [6.07, 6.45) is -9.07. The van der Waals surface area contributed by atoms with Crippen LogP contribution in [0.2, 0.25) is 0 Å². The maximum atomic E-state index is 13.4. The van der Waals surface area contributed by atoms with Crippen LogP contribution in [-0.4, -0.2) is 30.0 Å². The van der Waals surface area contributed by atoms with E-state index in [0.29, 0.717) is 0 Å². The first-order valence-corrected chi connectivity index (χ1v) is 10.8. The van der Waals surface area contributed by atoms with Gasteiger partial charge in [-0.15, -0.1) is 0 Å². The van der Waals surface area contributed by atoms with Gasteiger partial charge in [-0.2, -0.15) is 26.3 Å². The summed E-state index contributed by atoms with van der Waals surface area (Å²) in [4.78, 5) is 13.0. The van der Waals surface area contributed by atoms with Gasteiger partial charge in [-0.05, 0) is 35.4 Å². The molecule has 0 spiro atoms. The molecule has 0 N–H and O–H groups in total. The topological polar surface area (TPSA) is 56.1 Å². The molecule has 5 nitrogen and oxygen atoms in total. The van der Waals surface area contributed by atoms with Crippen molar-refractivity contribution in [2.75, 3.05) is 13.2 Å². The van der Waals surface area contributed by atoms with Gasteiger partial charge >= 0.3 is 12.4 Å². The number of hydrogen-bond donors (Lipinski definition) is 0. The van der Waals surface area contributed by atoms with Crippen LogP contribution in [0.25, 0.3) is 0 Å².